The van der Waals surface area contributed by atoms with E-state index in [9.17, 15) is 8.78 Å². The zero-order valence-electron chi connectivity index (χ0n) is 8.73. The molecule has 82 valence electrons. The Labute approximate surface area is 93.6 Å². The second-order valence-electron chi connectivity index (χ2n) is 3.65. The van der Waals surface area contributed by atoms with E-state index in [1.54, 1.807) is 6.08 Å². The van der Waals surface area contributed by atoms with Gasteiger partial charge in [-0.1, -0.05) is 37.6 Å². The van der Waals surface area contributed by atoms with Crippen molar-refractivity contribution >= 4 is 17.7 Å². The van der Waals surface area contributed by atoms with Crippen molar-refractivity contribution in [2.45, 2.75) is 13.8 Å². The van der Waals surface area contributed by atoms with E-state index in [2.05, 4.69) is 0 Å². The molecule has 1 aromatic carbocycles. The summed E-state index contributed by atoms with van der Waals surface area (Å²) in [6, 6.07) is 4.12. The van der Waals surface area contributed by atoms with Gasteiger partial charge in [0.25, 0.3) is 0 Å². The lowest BCUT2D eigenvalue weighted by atomic mass is 10.0. The molecule has 0 aliphatic carbocycles. The first kappa shape index (κ1) is 12.2. The SMILES string of the molecule is CC(C)C(=Cc1cccc(F)c1F)CCl. The Balaban J connectivity index is 3.11. The summed E-state index contributed by atoms with van der Waals surface area (Å²) in [5.41, 5.74) is 1.14. The largest absolute Gasteiger partial charge is 0.204 e. The van der Waals surface area contributed by atoms with Crippen LogP contribution in [0.5, 0.6) is 0 Å². The van der Waals surface area contributed by atoms with Gasteiger partial charge in [0.1, 0.15) is 0 Å². The van der Waals surface area contributed by atoms with Crippen LogP contribution in [0, 0.1) is 17.6 Å². The second kappa shape index (κ2) is 5.26. The smallest absolute Gasteiger partial charge is 0.166 e. The van der Waals surface area contributed by atoms with Gasteiger partial charge in [-0.25, -0.2) is 8.78 Å². The third kappa shape index (κ3) is 3.03. The van der Waals surface area contributed by atoms with Crippen molar-refractivity contribution in [1.29, 1.82) is 0 Å². The maximum atomic E-state index is 13.3. The highest BCUT2D eigenvalue weighted by Crippen LogP contribution is 2.19. The molecule has 0 bridgehead atoms. The Hall–Kier alpha value is -0.890. The molecule has 3 heteroatoms. The fourth-order valence-electron chi connectivity index (χ4n) is 1.19. The number of alkyl halides is 1. The van der Waals surface area contributed by atoms with Gasteiger partial charge in [-0.05, 0) is 12.0 Å². The van der Waals surface area contributed by atoms with Gasteiger partial charge in [-0.3, -0.25) is 0 Å². The Morgan fingerprint density at radius 2 is 2.07 bits per heavy atom. The average Bonchev–Trinajstić information content (AvgIpc) is 2.19. The van der Waals surface area contributed by atoms with Gasteiger partial charge < -0.3 is 0 Å². The molecule has 0 amide bonds. The van der Waals surface area contributed by atoms with Gasteiger partial charge in [0.05, 0.1) is 0 Å². The summed E-state index contributed by atoms with van der Waals surface area (Å²) >= 11 is 5.72. The van der Waals surface area contributed by atoms with Crippen LogP contribution in [0.4, 0.5) is 8.78 Å². The number of halogens is 3. The first-order chi connectivity index (χ1) is 7.06. The van der Waals surface area contributed by atoms with Crippen molar-refractivity contribution in [2.24, 2.45) is 5.92 Å². The van der Waals surface area contributed by atoms with Gasteiger partial charge >= 0.3 is 0 Å². The van der Waals surface area contributed by atoms with Crippen LogP contribution in [-0.2, 0) is 0 Å². The molecule has 0 atom stereocenters. The van der Waals surface area contributed by atoms with Crippen LogP contribution in [0.15, 0.2) is 23.8 Å². The lowest BCUT2D eigenvalue weighted by Crippen LogP contribution is -1.97. The molecule has 0 aliphatic heterocycles. The highest BCUT2D eigenvalue weighted by Gasteiger charge is 2.08. The van der Waals surface area contributed by atoms with Gasteiger partial charge in [0.15, 0.2) is 11.6 Å². The topological polar surface area (TPSA) is 0 Å². The zero-order valence-corrected chi connectivity index (χ0v) is 9.48. The van der Waals surface area contributed by atoms with Crippen LogP contribution in [0.3, 0.4) is 0 Å². The highest BCUT2D eigenvalue weighted by molar-refractivity contribution is 6.19. The van der Waals surface area contributed by atoms with Crippen LogP contribution in [0.1, 0.15) is 19.4 Å². The minimum absolute atomic E-state index is 0.227. The number of hydrogen-bond donors (Lipinski definition) is 0. The lowest BCUT2D eigenvalue weighted by molar-refractivity contribution is 0.507. The normalized spacial score (nSPS) is 12.3. The van der Waals surface area contributed by atoms with Crippen molar-refractivity contribution in [1.82, 2.24) is 0 Å². The van der Waals surface area contributed by atoms with E-state index in [1.807, 2.05) is 13.8 Å². The Morgan fingerprint density at radius 3 is 2.60 bits per heavy atom. The van der Waals surface area contributed by atoms with Crippen molar-refractivity contribution in [3.05, 3.63) is 41.0 Å². The third-order valence-electron chi connectivity index (χ3n) is 2.22. The lowest BCUT2D eigenvalue weighted by Gasteiger charge is -2.08. The fourth-order valence-corrected chi connectivity index (χ4v) is 1.58. The van der Waals surface area contributed by atoms with Crippen LogP contribution >= 0.6 is 11.6 Å². The number of benzene rings is 1. The van der Waals surface area contributed by atoms with Crippen molar-refractivity contribution < 1.29 is 8.78 Å². The van der Waals surface area contributed by atoms with E-state index in [0.717, 1.165) is 11.6 Å². The molecular formula is C12H13ClF2. The molecule has 15 heavy (non-hydrogen) atoms. The molecule has 0 spiro atoms. The minimum atomic E-state index is -0.832. The molecule has 0 fully saturated rings. The first-order valence-electron chi connectivity index (χ1n) is 4.76. The molecular weight excluding hydrogens is 218 g/mol. The van der Waals surface area contributed by atoms with Crippen molar-refractivity contribution in [3.8, 4) is 0 Å². The van der Waals surface area contributed by atoms with Gasteiger partial charge in [0.2, 0.25) is 0 Å². The summed E-state index contributed by atoms with van der Waals surface area (Å²) in [6.45, 7) is 3.93. The molecule has 0 nitrogen and oxygen atoms in total. The van der Waals surface area contributed by atoms with Gasteiger partial charge in [-0.15, -0.1) is 11.6 Å². The molecule has 1 aromatic rings. The molecule has 0 heterocycles. The molecule has 0 aromatic heterocycles. The Kier molecular flexibility index (Phi) is 4.28. The average molecular weight is 231 g/mol. The molecule has 1 rings (SSSR count). The Bertz CT molecular complexity index is 370. The maximum absolute atomic E-state index is 13.3. The molecule has 0 unspecified atom stereocenters. The summed E-state index contributed by atoms with van der Waals surface area (Å²) in [7, 11) is 0. The van der Waals surface area contributed by atoms with Crippen LogP contribution in [-0.4, -0.2) is 5.88 Å². The van der Waals surface area contributed by atoms with E-state index in [0.29, 0.717) is 5.88 Å². The molecule has 0 aliphatic rings. The predicted octanol–water partition coefficient (Wildman–Crippen LogP) is 4.24. The van der Waals surface area contributed by atoms with E-state index >= 15 is 0 Å². The third-order valence-corrected chi connectivity index (χ3v) is 2.53. The van der Waals surface area contributed by atoms with E-state index in [4.69, 9.17) is 11.6 Å². The summed E-state index contributed by atoms with van der Waals surface area (Å²) in [5.74, 6) is -1.10. The number of rotatable bonds is 3. The summed E-state index contributed by atoms with van der Waals surface area (Å²) in [5, 5.41) is 0. The van der Waals surface area contributed by atoms with Crippen LogP contribution < -0.4 is 0 Å². The summed E-state index contributed by atoms with van der Waals surface area (Å²) in [6.07, 6.45) is 1.61. The minimum Gasteiger partial charge on any atom is -0.204 e. The second-order valence-corrected chi connectivity index (χ2v) is 3.92. The standard InChI is InChI=1S/C12H13ClF2/c1-8(2)10(7-13)6-9-4-3-5-11(14)12(9)15/h3-6,8H,7H2,1-2H3. The molecule has 0 N–H and O–H groups in total. The summed E-state index contributed by atoms with van der Waals surface area (Å²) in [4.78, 5) is 0. The monoisotopic (exact) mass is 230 g/mol. The van der Waals surface area contributed by atoms with Crippen molar-refractivity contribution in [3.63, 3.8) is 0 Å². The fraction of sp³-hybridized carbons (Fsp3) is 0.333. The maximum Gasteiger partial charge on any atom is 0.166 e. The van der Waals surface area contributed by atoms with Gasteiger partial charge in [0, 0.05) is 11.4 Å². The Morgan fingerprint density at radius 1 is 1.40 bits per heavy atom. The van der Waals surface area contributed by atoms with Crippen LogP contribution in [0.25, 0.3) is 6.08 Å². The van der Waals surface area contributed by atoms with Crippen molar-refractivity contribution in [2.75, 3.05) is 5.88 Å². The quantitative estimate of drug-likeness (QED) is 0.682. The molecule has 0 radical (unpaired) electrons. The number of allylic oxidation sites excluding steroid dienone is 1. The van der Waals surface area contributed by atoms with E-state index < -0.39 is 11.6 Å². The first-order valence-corrected chi connectivity index (χ1v) is 5.30. The highest BCUT2D eigenvalue weighted by atomic mass is 35.5. The zero-order chi connectivity index (χ0) is 11.4. The van der Waals surface area contributed by atoms with E-state index in [1.165, 1.54) is 12.1 Å². The number of hydrogen-bond acceptors (Lipinski definition) is 0. The molecule has 0 saturated carbocycles. The van der Waals surface area contributed by atoms with Gasteiger partial charge in [-0.2, -0.15) is 0 Å². The predicted molar refractivity (Wildman–Crippen MR) is 59.9 cm³/mol. The van der Waals surface area contributed by atoms with Crippen LogP contribution in [0.2, 0.25) is 0 Å². The van der Waals surface area contributed by atoms with E-state index in [-0.39, 0.29) is 11.5 Å². The summed E-state index contributed by atoms with van der Waals surface area (Å²) < 4.78 is 26.2. The molecule has 0 saturated heterocycles.